The Hall–Kier alpha value is -2.74. The minimum atomic E-state index is 0.460. The third-order valence-electron chi connectivity index (χ3n) is 5.92. The van der Waals surface area contributed by atoms with Crippen molar-refractivity contribution in [1.82, 2.24) is 9.97 Å². The number of nitrogens with zero attached hydrogens (tertiary/aromatic N) is 2. The fraction of sp³-hybridized carbons (Fsp3) is 0.280. The fourth-order valence-corrected chi connectivity index (χ4v) is 4.52. The standard InChI is InChI=1S/C25H24N2/c1-16(2)21-9-5-8-18-12-13-22-24(26-15-27-25(22)23(18)21)20-11-10-17-6-3-4-7-19(17)14-20/h5,8-16H,3-4,6-7H2,1-2H3. The molecule has 0 bridgehead atoms. The van der Waals surface area contributed by atoms with Gasteiger partial charge < -0.3 is 0 Å². The number of hydrogen-bond donors (Lipinski definition) is 0. The van der Waals surface area contributed by atoms with Crippen LogP contribution in [0.2, 0.25) is 0 Å². The lowest BCUT2D eigenvalue weighted by atomic mass is 9.89. The van der Waals surface area contributed by atoms with Gasteiger partial charge in [0, 0.05) is 16.3 Å². The van der Waals surface area contributed by atoms with Crippen molar-refractivity contribution in [2.75, 3.05) is 0 Å². The van der Waals surface area contributed by atoms with Gasteiger partial charge in [-0.05, 0) is 65.8 Å². The molecule has 2 heteroatoms. The molecule has 4 aromatic rings. The highest BCUT2D eigenvalue weighted by Crippen LogP contribution is 2.35. The highest BCUT2D eigenvalue weighted by Gasteiger charge is 2.15. The third kappa shape index (κ3) is 2.71. The van der Waals surface area contributed by atoms with Crippen molar-refractivity contribution < 1.29 is 0 Å². The van der Waals surface area contributed by atoms with Crippen molar-refractivity contribution in [2.24, 2.45) is 0 Å². The zero-order valence-electron chi connectivity index (χ0n) is 16.0. The summed E-state index contributed by atoms with van der Waals surface area (Å²) in [6.45, 7) is 4.50. The van der Waals surface area contributed by atoms with Gasteiger partial charge in [-0.2, -0.15) is 0 Å². The summed E-state index contributed by atoms with van der Waals surface area (Å²) in [7, 11) is 0. The van der Waals surface area contributed by atoms with Crippen LogP contribution in [0.1, 0.15) is 49.3 Å². The lowest BCUT2D eigenvalue weighted by molar-refractivity contribution is 0.686. The van der Waals surface area contributed by atoms with E-state index in [0.29, 0.717) is 5.92 Å². The van der Waals surface area contributed by atoms with E-state index < -0.39 is 0 Å². The molecule has 1 heterocycles. The SMILES string of the molecule is CC(C)c1cccc2ccc3c(-c4ccc5c(c4)CCCC5)ncnc3c12. The molecule has 0 spiro atoms. The number of hydrogen-bond acceptors (Lipinski definition) is 2. The largest absolute Gasteiger partial charge is 0.236 e. The normalized spacial score (nSPS) is 14.0. The summed E-state index contributed by atoms with van der Waals surface area (Å²) in [5, 5.41) is 3.67. The van der Waals surface area contributed by atoms with Crippen LogP contribution in [0.3, 0.4) is 0 Å². The van der Waals surface area contributed by atoms with Crippen molar-refractivity contribution in [1.29, 1.82) is 0 Å². The average molecular weight is 352 g/mol. The van der Waals surface area contributed by atoms with Gasteiger partial charge in [0.15, 0.2) is 0 Å². The van der Waals surface area contributed by atoms with Gasteiger partial charge in [-0.1, -0.05) is 50.2 Å². The number of rotatable bonds is 2. The molecule has 1 aliphatic carbocycles. The molecule has 1 aromatic heterocycles. The second-order valence-electron chi connectivity index (χ2n) is 7.97. The second kappa shape index (κ2) is 6.45. The van der Waals surface area contributed by atoms with Crippen molar-refractivity contribution in [2.45, 2.75) is 45.4 Å². The van der Waals surface area contributed by atoms with Gasteiger partial charge in [-0.25, -0.2) is 9.97 Å². The number of aromatic nitrogens is 2. The summed E-state index contributed by atoms with van der Waals surface area (Å²) in [5.74, 6) is 0.460. The predicted octanol–water partition coefficient (Wildman–Crippen LogP) is 6.45. The molecule has 0 saturated heterocycles. The van der Waals surface area contributed by atoms with Crippen LogP contribution in [-0.2, 0) is 12.8 Å². The highest BCUT2D eigenvalue weighted by atomic mass is 14.8. The molecule has 5 rings (SSSR count). The summed E-state index contributed by atoms with van der Waals surface area (Å²) in [4.78, 5) is 9.41. The Morgan fingerprint density at radius 3 is 2.56 bits per heavy atom. The van der Waals surface area contributed by atoms with E-state index in [0.717, 1.165) is 16.6 Å². The minimum absolute atomic E-state index is 0.460. The molecule has 0 atom stereocenters. The molecule has 134 valence electrons. The van der Waals surface area contributed by atoms with Crippen molar-refractivity contribution in [3.05, 3.63) is 71.5 Å². The third-order valence-corrected chi connectivity index (χ3v) is 5.92. The van der Waals surface area contributed by atoms with Crippen LogP contribution in [0, 0.1) is 0 Å². The van der Waals surface area contributed by atoms with Crippen LogP contribution < -0.4 is 0 Å². The first kappa shape index (κ1) is 16.4. The van der Waals surface area contributed by atoms with E-state index in [1.807, 2.05) is 0 Å². The molecule has 0 radical (unpaired) electrons. The smallest absolute Gasteiger partial charge is 0.116 e. The topological polar surface area (TPSA) is 25.8 Å². The van der Waals surface area contributed by atoms with Gasteiger partial charge in [-0.15, -0.1) is 0 Å². The quantitative estimate of drug-likeness (QED) is 0.387. The molecule has 1 aliphatic rings. The predicted molar refractivity (Wildman–Crippen MR) is 113 cm³/mol. The summed E-state index contributed by atoms with van der Waals surface area (Å²) < 4.78 is 0. The van der Waals surface area contributed by atoms with E-state index in [9.17, 15) is 0 Å². The first-order valence-electron chi connectivity index (χ1n) is 10.0. The van der Waals surface area contributed by atoms with E-state index in [1.165, 1.54) is 58.7 Å². The summed E-state index contributed by atoms with van der Waals surface area (Å²) >= 11 is 0. The lowest BCUT2D eigenvalue weighted by Gasteiger charge is -2.17. The molecule has 0 saturated carbocycles. The Bertz CT molecular complexity index is 1160. The molecule has 0 amide bonds. The monoisotopic (exact) mass is 352 g/mol. The van der Waals surface area contributed by atoms with E-state index in [-0.39, 0.29) is 0 Å². The Morgan fingerprint density at radius 1 is 0.852 bits per heavy atom. The van der Waals surface area contributed by atoms with E-state index in [2.05, 4.69) is 62.4 Å². The van der Waals surface area contributed by atoms with E-state index in [1.54, 1.807) is 6.33 Å². The molecule has 27 heavy (non-hydrogen) atoms. The van der Waals surface area contributed by atoms with Crippen molar-refractivity contribution >= 4 is 21.7 Å². The van der Waals surface area contributed by atoms with Gasteiger partial charge in [0.2, 0.25) is 0 Å². The Morgan fingerprint density at radius 2 is 1.70 bits per heavy atom. The summed E-state index contributed by atoms with van der Waals surface area (Å²) in [5.41, 5.74) is 7.69. The van der Waals surface area contributed by atoms with Gasteiger partial charge in [-0.3, -0.25) is 0 Å². The molecule has 3 aromatic carbocycles. The summed E-state index contributed by atoms with van der Waals surface area (Å²) in [6, 6.07) is 17.9. The van der Waals surface area contributed by atoms with E-state index in [4.69, 9.17) is 9.97 Å². The van der Waals surface area contributed by atoms with Gasteiger partial charge in [0.1, 0.15) is 6.33 Å². The average Bonchev–Trinajstić information content (AvgIpc) is 2.72. The van der Waals surface area contributed by atoms with Crippen LogP contribution >= 0.6 is 0 Å². The van der Waals surface area contributed by atoms with Gasteiger partial charge in [0.25, 0.3) is 0 Å². The molecule has 0 N–H and O–H groups in total. The van der Waals surface area contributed by atoms with Crippen LogP contribution in [0.15, 0.2) is 54.9 Å². The first-order valence-corrected chi connectivity index (χ1v) is 10.0. The van der Waals surface area contributed by atoms with Gasteiger partial charge >= 0.3 is 0 Å². The Labute approximate surface area is 160 Å². The van der Waals surface area contributed by atoms with Crippen molar-refractivity contribution in [3.63, 3.8) is 0 Å². The molecule has 0 fully saturated rings. The molecule has 0 aliphatic heterocycles. The first-order chi connectivity index (χ1) is 13.2. The zero-order chi connectivity index (χ0) is 18.4. The van der Waals surface area contributed by atoms with E-state index >= 15 is 0 Å². The molecule has 2 nitrogen and oxygen atoms in total. The maximum atomic E-state index is 4.71. The van der Waals surface area contributed by atoms with Gasteiger partial charge in [0.05, 0.1) is 11.2 Å². The molecule has 0 unspecified atom stereocenters. The second-order valence-corrected chi connectivity index (χ2v) is 7.97. The Balaban J connectivity index is 1.78. The number of fused-ring (bicyclic) bond motifs is 4. The van der Waals surface area contributed by atoms with Crippen LogP contribution in [-0.4, -0.2) is 9.97 Å². The molecular weight excluding hydrogens is 328 g/mol. The number of benzene rings is 3. The minimum Gasteiger partial charge on any atom is -0.236 e. The molecular formula is C25H24N2. The zero-order valence-corrected chi connectivity index (χ0v) is 16.0. The van der Waals surface area contributed by atoms with Crippen LogP contribution in [0.25, 0.3) is 32.9 Å². The number of aryl methyl sites for hydroxylation is 2. The van der Waals surface area contributed by atoms with Crippen molar-refractivity contribution in [3.8, 4) is 11.3 Å². The maximum absolute atomic E-state index is 4.71. The highest BCUT2D eigenvalue weighted by molar-refractivity contribution is 6.10. The van der Waals surface area contributed by atoms with Crippen LogP contribution in [0.4, 0.5) is 0 Å². The Kier molecular flexibility index (Phi) is 3.93. The van der Waals surface area contributed by atoms with Crippen LogP contribution in [0.5, 0.6) is 0 Å². The fourth-order valence-electron chi connectivity index (χ4n) is 4.52. The summed E-state index contributed by atoms with van der Waals surface area (Å²) in [6.07, 6.45) is 6.74. The lowest BCUT2D eigenvalue weighted by Crippen LogP contribution is -2.02. The maximum Gasteiger partial charge on any atom is 0.116 e.